The van der Waals surface area contributed by atoms with Gasteiger partial charge in [-0.1, -0.05) is 11.2 Å². The van der Waals surface area contributed by atoms with Crippen LogP contribution in [0.2, 0.25) is 0 Å². The number of carbonyl (C=O) groups is 1. The van der Waals surface area contributed by atoms with Gasteiger partial charge in [-0.3, -0.25) is 4.79 Å². The zero-order valence-electron chi connectivity index (χ0n) is 15.7. The third kappa shape index (κ3) is 4.88. The zero-order chi connectivity index (χ0) is 20.1. The molecule has 0 bridgehead atoms. The topological polar surface area (TPSA) is 95.1 Å². The second kappa shape index (κ2) is 8.70. The minimum atomic E-state index is -0.123. The minimum Gasteiger partial charge on any atom is -0.486 e. The van der Waals surface area contributed by atoms with Gasteiger partial charge in [-0.15, -0.1) is 11.3 Å². The molecule has 29 heavy (non-hydrogen) atoms. The molecule has 0 aliphatic rings. The van der Waals surface area contributed by atoms with Crippen LogP contribution in [-0.4, -0.2) is 25.6 Å². The molecule has 0 radical (unpaired) electrons. The van der Waals surface area contributed by atoms with Crippen molar-refractivity contribution in [2.75, 3.05) is 5.32 Å². The first-order valence-corrected chi connectivity index (χ1v) is 9.91. The molecule has 0 fully saturated rings. The van der Waals surface area contributed by atoms with Crippen LogP contribution in [0.5, 0.6) is 5.75 Å². The number of aryl methyl sites for hydroxylation is 2. The summed E-state index contributed by atoms with van der Waals surface area (Å²) in [6, 6.07) is 11.1. The Balaban J connectivity index is 1.25. The lowest BCUT2D eigenvalue weighted by molar-refractivity contribution is -0.116. The Kier molecular flexibility index (Phi) is 5.66. The molecule has 1 aromatic carbocycles. The van der Waals surface area contributed by atoms with E-state index in [0.29, 0.717) is 36.2 Å². The fourth-order valence-corrected chi connectivity index (χ4v) is 3.27. The highest BCUT2D eigenvalue weighted by Gasteiger charge is 2.11. The van der Waals surface area contributed by atoms with Crippen molar-refractivity contribution >= 4 is 22.9 Å². The molecule has 0 unspecified atom stereocenters. The van der Waals surface area contributed by atoms with Crippen LogP contribution in [-0.2, 0) is 24.9 Å². The summed E-state index contributed by atoms with van der Waals surface area (Å²) in [6.07, 6.45) is 4.24. The maximum absolute atomic E-state index is 12.2. The van der Waals surface area contributed by atoms with E-state index in [4.69, 9.17) is 9.26 Å². The molecule has 0 atom stereocenters. The van der Waals surface area contributed by atoms with Gasteiger partial charge in [0.05, 0.1) is 4.88 Å². The van der Waals surface area contributed by atoms with Crippen molar-refractivity contribution < 1.29 is 14.1 Å². The maximum atomic E-state index is 12.2. The molecule has 4 rings (SSSR count). The van der Waals surface area contributed by atoms with E-state index in [2.05, 4.69) is 20.4 Å². The Morgan fingerprint density at radius 1 is 1.28 bits per heavy atom. The van der Waals surface area contributed by atoms with Gasteiger partial charge < -0.3 is 19.1 Å². The van der Waals surface area contributed by atoms with E-state index in [1.165, 1.54) is 0 Å². The van der Waals surface area contributed by atoms with Crippen molar-refractivity contribution in [3.05, 3.63) is 65.9 Å². The Hall–Kier alpha value is -3.46. The molecule has 1 N–H and O–H groups in total. The third-order valence-corrected chi connectivity index (χ3v) is 5.07. The highest BCUT2D eigenvalue weighted by molar-refractivity contribution is 7.13. The molecule has 3 heterocycles. The number of anilines is 1. The van der Waals surface area contributed by atoms with Crippen molar-refractivity contribution in [2.45, 2.75) is 19.4 Å². The summed E-state index contributed by atoms with van der Waals surface area (Å²) in [6.45, 7) is 0.382. The summed E-state index contributed by atoms with van der Waals surface area (Å²) >= 11 is 1.54. The summed E-state index contributed by atoms with van der Waals surface area (Å²) in [5.74, 6) is 2.42. The van der Waals surface area contributed by atoms with E-state index in [-0.39, 0.29) is 12.3 Å². The molecule has 3 aromatic heterocycles. The summed E-state index contributed by atoms with van der Waals surface area (Å²) in [5.41, 5.74) is 0.698. The quantitative estimate of drug-likeness (QED) is 0.477. The highest BCUT2D eigenvalue weighted by atomic mass is 32.1. The first-order valence-electron chi connectivity index (χ1n) is 9.03. The van der Waals surface area contributed by atoms with Gasteiger partial charge in [0, 0.05) is 38.0 Å². The van der Waals surface area contributed by atoms with Crippen molar-refractivity contribution in [3.63, 3.8) is 0 Å². The predicted octanol–water partition coefficient (Wildman–Crippen LogP) is 3.68. The predicted molar refractivity (Wildman–Crippen MR) is 109 cm³/mol. The molecule has 0 aliphatic heterocycles. The first-order chi connectivity index (χ1) is 14.2. The van der Waals surface area contributed by atoms with Gasteiger partial charge in [-0.2, -0.15) is 4.98 Å². The monoisotopic (exact) mass is 409 g/mol. The smallest absolute Gasteiger partial charge is 0.227 e. The largest absolute Gasteiger partial charge is 0.486 e. The maximum Gasteiger partial charge on any atom is 0.227 e. The number of benzene rings is 1. The second-order valence-corrected chi connectivity index (χ2v) is 7.25. The van der Waals surface area contributed by atoms with Crippen LogP contribution in [0.4, 0.5) is 5.69 Å². The van der Waals surface area contributed by atoms with E-state index >= 15 is 0 Å². The SMILES string of the molecule is Cn1ccnc1COc1ccc(NC(=O)CCc2nc(-c3cccs3)no2)cc1. The van der Waals surface area contributed by atoms with Crippen molar-refractivity contribution in [1.29, 1.82) is 0 Å². The Morgan fingerprint density at radius 2 is 2.14 bits per heavy atom. The molecule has 0 saturated carbocycles. The molecule has 0 aliphatic carbocycles. The number of hydrogen-bond donors (Lipinski definition) is 1. The standard InChI is InChI=1S/C20H19N5O3S/c1-25-11-10-21-17(25)13-27-15-6-4-14(5-7-15)22-18(26)8-9-19-23-20(24-28-19)16-3-2-12-29-16/h2-7,10-12H,8-9,13H2,1H3,(H,22,26). The summed E-state index contributed by atoms with van der Waals surface area (Å²) in [7, 11) is 1.92. The van der Waals surface area contributed by atoms with Gasteiger partial charge >= 0.3 is 0 Å². The number of nitrogens with zero attached hydrogens (tertiary/aromatic N) is 4. The van der Waals surface area contributed by atoms with Crippen LogP contribution in [0.15, 0.2) is 58.7 Å². The number of hydrogen-bond acceptors (Lipinski definition) is 7. The average molecular weight is 409 g/mol. The number of nitrogens with one attached hydrogen (secondary N) is 1. The fraction of sp³-hybridized carbons (Fsp3) is 0.200. The molecule has 1 amide bonds. The number of rotatable bonds is 8. The van der Waals surface area contributed by atoms with Crippen LogP contribution in [0.3, 0.4) is 0 Å². The number of thiophene rings is 1. The third-order valence-electron chi connectivity index (χ3n) is 4.20. The van der Waals surface area contributed by atoms with Gasteiger partial charge in [-0.25, -0.2) is 4.98 Å². The number of imidazole rings is 1. The molecule has 0 saturated heterocycles. The molecule has 8 nitrogen and oxygen atoms in total. The van der Waals surface area contributed by atoms with Gasteiger partial charge in [-0.05, 0) is 35.7 Å². The minimum absolute atomic E-state index is 0.123. The number of aromatic nitrogens is 4. The second-order valence-electron chi connectivity index (χ2n) is 6.30. The van der Waals surface area contributed by atoms with Crippen molar-refractivity contribution in [2.24, 2.45) is 7.05 Å². The van der Waals surface area contributed by atoms with Crippen LogP contribution >= 0.6 is 11.3 Å². The molecular formula is C20H19N5O3S. The van der Waals surface area contributed by atoms with Gasteiger partial charge in [0.15, 0.2) is 0 Å². The van der Waals surface area contributed by atoms with E-state index in [1.54, 1.807) is 29.7 Å². The van der Waals surface area contributed by atoms with E-state index in [1.807, 2.05) is 47.5 Å². The van der Waals surface area contributed by atoms with Gasteiger partial charge in [0.2, 0.25) is 17.6 Å². The first kappa shape index (κ1) is 18.9. The zero-order valence-corrected chi connectivity index (χ0v) is 16.6. The van der Waals surface area contributed by atoms with E-state index in [0.717, 1.165) is 10.7 Å². The Labute approximate surface area is 171 Å². The van der Waals surface area contributed by atoms with E-state index < -0.39 is 0 Å². The number of carbonyl (C=O) groups excluding carboxylic acids is 1. The lowest BCUT2D eigenvalue weighted by atomic mass is 10.2. The van der Waals surface area contributed by atoms with Crippen LogP contribution in [0.25, 0.3) is 10.7 Å². The van der Waals surface area contributed by atoms with Gasteiger partial charge in [0.25, 0.3) is 0 Å². The molecular weight excluding hydrogens is 390 g/mol. The molecule has 4 aromatic rings. The van der Waals surface area contributed by atoms with Crippen LogP contribution < -0.4 is 10.1 Å². The van der Waals surface area contributed by atoms with Gasteiger partial charge in [0.1, 0.15) is 18.2 Å². The van der Waals surface area contributed by atoms with E-state index in [9.17, 15) is 4.79 Å². The summed E-state index contributed by atoms with van der Waals surface area (Å²) < 4.78 is 12.8. The van der Waals surface area contributed by atoms with Crippen molar-refractivity contribution in [1.82, 2.24) is 19.7 Å². The van der Waals surface area contributed by atoms with Crippen LogP contribution in [0, 0.1) is 0 Å². The highest BCUT2D eigenvalue weighted by Crippen LogP contribution is 2.22. The normalized spacial score (nSPS) is 10.8. The number of amides is 1. The molecule has 0 spiro atoms. The average Bonchev–Trinajstić information content (AvgIpc) is 3.48. The molecule has 9 heteroatoms. The summed E-state index contributed by atoms with van der Waals surface area (Å²) in [4.78, 5) is 21.7. The van der Waals surface area contributed by atoms with Crippen LogP contribution in [0.1, 0.15) is 18.1 Å². The van der Waals surface area contributed by atoms with Crippen molar-refractivity contribution in [3.8, 4) is 16.5 Å². The fourth-order valence-electron chi connectivity index (χ4n) is 2.62. The molecule has 148 valence electrons. The Bertz CT molecular complexity index is 1070. The lowest BCUT2D eigenvalue weighted by Crippen LogP contribution is -2.12. The Morgan fingerprint density at radius 3 is 2.86 bits per heavy atom. The number of ether oxygens (including phenoxy) is 1. The lowest BCUT2D eigenvalue weighted by Gasteiger charge is -2.08. The summed E-state index contributed by atoms with van der Waals surface area (Å²) in [5, 5.41) is 8.75.